The van der Waals surface area contributed by atoms with Gasteiger partial charge in [-0.05, 0) is 24.1 Å². The molecule has 1 N–H and O–H groups in total. The van der Waals surface area contributed by atoms with Crippen LogP contribution in [-0.4, -0.2) is 15.0 Å². The Bertz CT molecular complexity index is 1010. The number of rotatable bonds is 3. The molecule has 25 heavy (non-hydrogen) atoms. The van der Waals surface area contributed by atoms with E-state index in [1.54, 1.807) is 6.20 Å². The number of nitrogens with one attached hydrogen (secondary N) is 1. The molecule has 0 saturated carbocycles. The monoisotopic (exact) mass is 345 g/mol. The number of aromatic nitrogens is 3. The van der Waals surface area contributed by atoms with Gasteiger partial charge in [-0.3, -0.25) is 0 Å². The van der Waals surface area contributed by atoms with Gasteiger partial charge in [0.2, 0.25) is 0 Å². The largest absolute Gasteiger partial charge is 0.341 e. The van der Waals surface area contributed by atoms with Crippen molar-refractivity contribution >= 4 is 11.6 Å². The number of halogens is 1. The first-order valence-corrected chi connectivity index (χ1v) is 8.44. The minimum absolute atomic E-state index is 0.440. The second-order valence-electron chi connectivity index (χ2n) is 5.82. The van der Waals surface area contributed by atoms with E-state index in [0.717, 1.165) is 39.5 Å². The van der Waals surface area contributed by atoms with Gasteiger partial charge < -0.3 is 4.98 Å². The maximum atomic E-state index is 6.45. The van der Waals surface area contributed by atoms with Crippen molar-refractivity contribution in [2.24, 2.45) is 0 Å². The lowest BCUT2D eigenvalue weighted by atomic mass is 10.0. The molecule has 0 spiro atoms. The molecule has 4 rings (SSSR count). The fourth-order valence-electron chi connectivity index (χ4n) is 2.98. The molecular weight excluding hydrogens is 330 g/mol. The van der Waals surface area contributed by atoms with Crippen molar-refractivity contribution in [2.45, 2.75) is 6.92 Å². The van der Waals surface area contributed by atoms with Crippen LogP contribution in [0, 0.1) is 6.92 Å². The van der Waals surface area contributed by atoms with Gasteiger partial charge in [0, 0.05) is 17.5 Å². The summed E-state index contributed by atoms with van der Waals surface area (Å²) in [6.07, 6.45) is 1.72. The first-order chi connectivity index (χ1) is 12.2. The predicted molar refractivity (Wildman–Crippen MR) is 102 cm³/mol. The second-order valence-corrected chi connectivity index (χ2v) is 6.17. The third-order valence-electron chi connectivity index (χ3n) is 4.16. The van der Waals surface area contributed by atoms with Crippen LogP contribution in [0.15, 0.2) is 72.9 Å². The topological polar surface area (TPSA) is 41.6 Å². The van der Waals surface area contributed by atoms with Crippen LogP contribution >= 0.6 is 11.6 Å². The van der Waals surface area contributed by atoms with Gasteiger partial charge in [0.25, 0.3) is 0 Å². The van der Waals surface area contributed by atoms with E-state index in [1.165, 1.54) is 0 Å². The van der Waals surface area contributed by atoms with Crippen molar-refractivity contribution < 1.29 is 0 Å². The average molecular weight is 346 g/mol. The summed E-state index contributed by atoms with van der Waals surface area (Å²) in [6, 6.07) is 22.2. The molecule has 0 unspecified atom stereocenters. The Hall–Kier alpha value is -2.91. The number of nitrogens with zero attached hydrogens (tertiary/aromatic N) is 2. The molecule has 2 heterocycles. The van der Waals surface area contributed by atoms with Gasteiger partial charge in [0.15, 0.2) is 0 Å². The Morgan fingerprint density at radius 2 is 1.48 bits per heavy atom. The lowest BCUT2D eigenvalue weighted by Gasteiger charge is -2.09. The Morgan fingerprint density at radius 3 is 2.16 bits per heavy atom. The average Bonchev–Trinajstić information content (AvgIpc) is 3.04. The number of hydrogen-bond acceptors (Lipinski definition) is 2. The molecule has 0 aliphatic carbocycles. The minimum atomic E-state index is 0.440. The molecule has 122 valence electrons. The number of benzene rings is 2. The molecule has 0 fully saturated rings. The number of pyridine rings is 1. The molecule has 3 nitrogen and oxygen atoms in total. The molecule has 0 aliphatic rings. The predicted octanol–water partition coefficient (Wildman–Crippen LogP) is 5.77. The molecule has 0 atom stereocenters. The molecule has 0 amide bonds. The molecule has 4 aromatic rings. The molecule has 2 aromatic heterocycles. The van der Waals surface area contributed by atoms with E-state index in [0.29, 0.717) is 5.15 Å². The van der Waals surface area contributed by atoms with Gasteiger partial charge in [0.05, 0.1) is 11.3 Å². The second kappa shape index (κ2) is 6.54. The summed E-state index contributed by atoms with van der Waals surface area (Å²) in [5, 5.41) is 0.440. The van der Waals surface area contributed by atoms with E-state index in [-0.39, 0.29) is 0 Å². The van der Waals surface area contributed by atoms with E-state index in [1.807, 2.05) is 49.4 Å². The first kappa shape index (κ1) is 15.6. The van der Waals surface area contributed by atoms with Crippen molar-refractivity contribution in [1.82, 2.24) is 15.0 Å². The van der Waals surface area contributed by atoms with Crippen molar-refractivity contribution in [3.05, 3.63) is 83.8 Å². The maximum Gasteiger partial charge on any atom is 0.142 e. The zero-order valence-electron chi connectivity index (χ0n) is 13.7. The summed E-state index contributed by atoms with van der Waals surface area (Å²) >= 11 is 6.45. The smallest absolute Gasteiger partial charge is 0.142 e. The van der Waals surface area contributed by atoms with Crippen LogP contribution in [0.1, 0.15) is 5.69 Å². The molecule has 0 saturated heterocycles. The molecule has 0 bridgehead atoms. The van der Waals surface area contributed by atoms with E-state index in [4.69, 9.17) is 16.6 Å². The van der Waals surface area contributed by atoms with Gasteiger partial charge in [-0.15, -0.1) is 0 Å². The summed E-state index contributed by atoms with van der Waals surface area (Å²) in [4.78, 5) is 12.5. The molecular formula is C21H16ClN3. The van der Waals surface area contributed by atoms with Crippen LogP contribution in [0.4, 0.5) is 0 Å². The fourth-order valence-corrected chi connectivity index (χ4v) is 3.22. The van der Waals surface area contributed by atoms with Gasteiger partial charge in [-0.1, -0.05) is 72.3 Å². The highest BCUT2D eigenvalue weighted by Crippen LogP contribution is 2.36. The Labute approximate surface area is 151 Å². The molecule has 0 aliphatic heterocycles. The van der Waals surface area contributed by atoms with Gasteiger partial charge in [-0.2, -0.15) is 0 Å². The zero-order chi connectivity index (χ0) is 17.2. The third kappa shape index (κ3) is 2.94. The Balaban J connectivity index is 1.89. The first-order valence-electron chi connectivity index (χ1n) is 8.06. The summed E-state index contributed by atoms with van der Waals surface area (Å²) in [5.74, 6) is 0.730. The van der Waals surface area contributed by atoms with E-state index in [2.05, 4.69) is 34.2 Å². The van der Waals surface area contributed by atoms with Gasteiger partial charge in [0.1, 0.15) is 11.0 Å². The fraction of sp³-hybridized carbons (Fsp3) is 0.0476. The Morgan fingerprint density at radius 1 is 0.840 bits per heavy atom. The molecule has 4 heteroatoms. The highest BCUT2D eigenvalue weighted by atomic mass is 35.5. The number of imidazole rings is 1. The summed E-state index contributed by atoms with van der Waals surface area (Å²) in [7, 11) is 0. The van der Waals surface area contributed by atoms with Crippen molar-refractivity contribution in [2.75, 3.05) is 0 Å². The number of aryl methyl sites for hydroxylation is 1. The van der Waals surface area contributed by atoms with Crippen LogP contribution < -0.4 is 0 Å². The minimum Gasteiger partial charge on any atom is -0.341 e. The van der Waals surface area contributed by atoms with Crippen LogP contribution in [-0.2, 0) is 0 Å². The standard InChI is InChI=1S/C21H16ClN3/c1-14-19(16-10-6-3-7-11-16)25-21(24-14)18-17(12-13-23-20(18)22)15-8-4-2-5-9-15/h2-13H,1H3,(H,24,25). The zero-order valence-corrected chi connectivity index (χ0v) is 14.5. The number of H-pyrrole nitrogens is 1. The highest BCUT2D eigenvalue weighted by molar-refractivity contribution is 6.32. The Kier molecular flexibility index (Phi) is 4.08. The highest BCUT2D eigenvalue weighted by Gasteiger charge is 2.17. The summed E-state index contributed by atoms with van der Waals surface area (Å²) in [6.45, 7) is 2.02. The number of aromatic amines is 1. The van der Waals surface area contributed by atoms with Crippen LogP contribution in [0.5, 0.6) is 0 Å². The third-order valence-corrected chi connectivity index (χ3v) is 4.44. The lowest BCUT2D eigenvalue weighted by Crippen LogP contribution is -1.91. The SMILES string of the molecule is Cc1[nH]c(-c2c(-c3ccccc3)ccnc2Cl)nc1-c1ccccc1. The molecule has 0 radical (unpaired) electrons. The maximum absolute atomic E-state index is 6.45. The van der Waals surface area contributed by atoms with Gasteiger partial charge in [-0.25, -0.2) is 9.97 Å². The summed E-state index contributed by atoms with van der Waals surface area (Å²) in [5.41, 5.74) is 5.91. The van der Waals surface area contributed by atoms with Crippen LogP contribution in [0.2, 0.25) is 5.15 Å². The van der Waals surface area contributed by atoms with E-state index < -0.39 is 0 Å². The van der Waals surface area contributed by atoms with E-state index >= 15 is 0 Å². The van der Waals surface area contributed by atoms with Crippen LogP contribution in [0.3, 0.4) is 0 Å². The van der Waals surface area contributed by atoms with Crippen molar-refractivity contribution in [3.8, 4) is 33.8 Å². The van der Waals surface area contributed by atoms with E-state index in [9.17, 15) is 0 Å². The lowest BCUT2D eigenvalue weighted by molar-refractivity contribution is 1.23. The number of hydrogen-bond donors (Lipinski definition) is 1. The molecule has 2 aromatic carbocycles. The van der Waals surface area contributed by atoms with Crippen molar-refractivity contribution in [1.29, 1.82) is 0 Å². The summed E-state index contributed by atoms with van der Waals surface area (Å²) < 4.78 is 0. The van der Waals surface area contributed by atoms with Crippen molar-refractivity contribution in [3.63, 3.8) is 0 Å². The normalized spacial score (nSPS) is 10.8. The van der Waals surface area contributed by atoms with Gasteiger partial charge >= 0.3 is 0 Å². The van der Waals surface area contributed by atoms with Crippen LogP contribution in [0.25, 0.3) is 33.8 Å². The quantitative estimate of drug-likeness (QED) is 0.479.